The Hall–Kier alpha value is -2.23. The van der Waals surface area contributed by atoms with Crippen molar-refractivity contribution >= 4 is 17.5 Å². The van der Waals surface area contributed by atoms with Crippen molar-refractivity contribution < 1.29 is 19.1 Å². The van der Waals surface area contributed by atoms with Crippen LogP contribution in [0.2, 0.25) is 0 Å². The van der Waals surface area contributed by atoms with Crippen LogP contribution in [0.5, 0.6) is 0 Å². The van der Waals surface area contributed by atoms with Gasteiger partial charge in [0, 0.05) is 12.5 Å². The second-order valence-corrected chi connectivity index (χ2v) is 7.30. The Morgan fingerprint density at radius 2 is 1.78 bits per heavy atom. The van der Waals surface area contributed by atoms with E-state index in [-0.39, 0.29) is 22.9 Å². The Morgan fingerprint density at radius 3 is 2.37 bits per heavy atom. The first-order valence-corrected chi connectivity index (χ1v) is 9.76. The highest BCUT2D eigenvalue weighted by molar-refractivity contribution is 6.22. The Bertz CT molecular complexity index is 698. The largest absolute Gasteiger partial charge is 0.422 e. The van der Waals surface area contributed by atoms with Crippen LogP contribution in [0.25, 0.3) is 0 Å². The van der Waals surface area contributed by atoms with Crippen molar-refractivity contribution in [1.29, 1.82) is 0 Å². The molecule has 4 heteroatoms. The number of hydrogen-bond acceptors (Lipinski definition) is 4. The molecule has 0 atom stereocenters. The molecule has 0 aromatic carbocycles. The summed E-state index contributed by atoms with van der Waals surface area (Å²) in [5, 5.41) is 0. The molecule has 0 bridgehead atoms. The molecule has 1 aliphatic carbocycles. The molecule has 0 saturated heterocycles. The summed E-state index contributed by atoms with van der Waals surface area (Å²) in [6.45, 7) is 9.46. The predicted molar refractivity (Wildman–Crippen MR) is 108 cm³/mol. The van der Waals surface area contributed by atoms with Crippen LogP contribution in [0.1, 0.15) is 79.6 Å². The van der Waals surface area contributed by atoms with E-state index in [1.807, 2.05) is 13.0 Å². The lowest BCUT2D eigenvalue weighted by Crippen LogP contribution is -2.22. The van der Waals surface area contributed by atoms with E-state index in [2.05, 4.69) is 26.8 Å². The molecule has 0 fully saturated rings. The number of carbonyl (C=O) groups excluding carboxylic acids is 3. The van der Waals surface area contributed by atoms with Crippen LogP contribution in [0.4, 0.5) is 0 Å². The number of rotatable bonds is 10. The van der Waals surface area contributed by atoms with Gasteiger partial charge in [0.25, 0.3) is 0 Å². The first-order valence-electron chi connectivity index (χ1n) is 9.76. The molecule has 27 heavy (non-hydrogen) atoms. The second kappa shape index (κ2) is 11.5. The predicted octanol–water partition coefficient (Wildman–Crippen LogP) is 5.54. The molecule has 148 valence electrons. The van der Waals surface area contributed by atoms with Crippen molar-refractivity contribution in [1.82, 2.24) is 0 Å². The molecule has 0 aromatic rings. The van der Waals surface area contributed by atoms with Crippen LogP contribution in [-0.4, -0.2) is 17.5 Å². The fourth-order valence-corrected chi connectivity index (χ4v) is 2.87. The van der Waals surface area contributed by atoms with Gasteiger partial charge in [0.15, 0.2) is 11.5 Å². The maximum Gasteiger partial charge on any atom is 0.308 e. The SMILES string of the molecule is CCCCCC1=CC(=O)C(C/C=C(\C)CCC=C(C)C)=C(OC(C)=O)C1=O. The third kappa shape index (κ3) is 7.90. The van der Waals surface area contributed by atoms with Gasteiger partial charge in [-0.15, -0.1) is 0 Å². The molecule has 0 spiro atoms. The van der Waals surface area contributed by atoms with Gasteiger partial charge in [0.2, 0.25) is 5.78 Å². The van der Waals surface area contributed by atoms with Crippen LogP contribution >= 0.6 is 0 Å². The fourth-order valence-electron chi connectivity index (χ4n) is 2.87. The number of carbonyl (C=O) groups is 3. The second-order valence-electron chi connectivity index (χ2n) is 7.30. The summed E-state index contributed by atoms with van der Waals surface area (Å²) in [7, 11) is 0. The average Bonchev–Trinajstić information content (AvgIpc) is 2.58. The topological polar surface area (TPSA) is 60.4 Å². The van der Waals surface area contributed by atoms with Crippen LogP contribution in [0.3, 0.4) is 0 Å². The van der Waals surface area contributed by atoms with Crippen molar-refractivity contribution in [3.8, 4) is 0 Å². The monoisotopic (exact) mass is 372 g/mol. The molecule has 1 aliphatic rings. The summed E-state index contributed by atoms with van der Waals surface area (Å²) >= 11 is 0. The molecule has 0 unspecified atom stereocenters. The highest BCUT2D eigenvalue weighted by Crippen LogP contribution is 2.27. The van der Waals surface area contributed by atoms with Crippen molar-refractivity contribution in [3.05, 3.63) is 46.3 Å². The molecule has 1 rings (SSSR count). The third-order valence-electron chi connectivity index (χ3n) is 4.42. The standard InChI is InChI=1S/C23H32O4/c1-6-7-8-12-19-15-21(25)20(23(22(19)26)27-18(5)24)14-13-17(4)11-9-10-16(2)3/h10,13,15H,6-9,11-12,14H2,1-5H3/b17-13+. The van der Waals surface area contributed by atoms with Crippen LogP contribution < -0.4 is 0 Å². The summed E-state index contributed by atoms with van der Waals surface area (Å²) in [5.41, 5.74) is 3.13. The van der Waals surface area contributed by atoms with E-state index in [1.165, 1.54) is 18.6 Å². The highest BCUT2D eigenvalue weighted by Gasteiger charge is 2.30. The van der Waals surface area contributed by atoms with Crippen molar-refractivity contribution in [2.45, 2.75) is 79.6 Å². The van der Waals surface area contributed by atoms with Crippen LogP contribution in [0.15, 0.2) is 46.3 Å². The lowest BCUT2D eigenvalue weighted by Gasteiger charge is -2.18. The Balaban J connectivity index is 2.97. The first-order chi connectivity index (χ1) is 12.8. The highest BCUT2D eigenvalue weighted by atomic mass is 16.5. The molecule has 4 nitrogen and oxygen atoms in total. The van der Waals surface area contributed by atoms with Crippen molar-refractivity contribution in [2.75, 3.05) is 0 Å². The molecule has 0 saturated carbocycles. The van der Waals surface area contributed by atoms with Gasteiger partial charge < -0.3 is 4.74 Å². The van der Waals surface area contributed by atoms with E-state index in [1.54, 1.807) is 0 Å². The van der Waals surface area contributed by atoms with Gasteiger partial charge in [-0.1, -0.05) is 43.1 Å². The van der Waals surface area contributed by atoms with Gasteiger partial charge in [-0.3, -0.25) is 14.4 Å². The van der Waals surface area contributed by atoms with Gasteiger partial charge >= 0.3 is 5.97 Å². The number of ketones is 2. The Morgan fingerprint density at radius 1 is 1.07 bits per heavy atom. The molecule has 0 aromatic heterocycles. The van der Waals surface area contributed by atoms with Crippen molar-refractivity contribution in [3.63, 3.8) is 0 Å². The van der Waals surface area contributed by atoms with Gasteiger partial charge in [-0.05, 0) is 59.0 Å². The van der Waals surface area contributed by atoms with Crippen molar-refractivity contribution in [2.24, 2.45) is 0 Å². The number of unbranched alkanes of at least 4 members (excludes halogenated alkanes) is 2. The summed E-state index contributed by atoms with van der Waals surface area (Å²) in [6.07, 6.45) is 11.1. The minimum atomic E-state index is -0.581. The van der Waals surface area contributed by atoms with E-state index >= 15 is 0 Å². The minimum Gasteiger partial charge on any atom is -0.422 e. The molecule has 0 N–H and O–H groups in total. The van der Waals surface area contributed by atoms with E-state index in [9.17, 15) is 14.4 Å². The zero-order chi connectivity index (χ0) is 20.4. The molecule has 0 aliphatic heterocycles. The first kappa shape index (κ1) is 22.8. The number of esters is 1. The maximum absolute atomic E-state index is 12.7. The summed E-state index contributed by atoms with van der Waals surface area (Å²) < 4.78 is 5.16. The summed E-state index contributed by atoms with van der Waals surface area (Å²) in [5.74, 6) is -1.23. The average molecular weight is 373 g/mol. The smallest absolute Gasteiger partial charge is 0.308 e. The van der Waals surface area contributed by atoms with Gasteiger partial charge in [0.05, 0.1) is 5.57 Å². The number of Topliss-reactive ketones (excluding diaryl/α,β-unsaturated/α-hetero) is 1. The third-order valence-corrected chi connectivity index (χ3v) is 4.42. The van der Waals surface area contributed by atoms with Gasteiger partial charge in [-0.25, -0.2) is 0 Å². The molecular formula is C23H32O4. The molecular weight excluding hydrogens is 340 g/mol. The fraction of sp³-hybridized carbons (Fsp3) is 0.522. The number of allylic oxidation sites excluding steroid dienone is 7. The Kier molecular flexibility index (Phi) is 9.70. The van der Waals surface area contributed by atoms with Gasteiger partial charge in [0.1, 0.15) is 0 Å². The zero-order valence-electron chi connectivity index (χ0n) is 17.3. The molecule has 0 radical (unpaired) electrons. The van der Waals surface area contributed by atoms with Crippen LogP contribution in [-0.2, 0) is 19.1 Å². The van der Waals surface area contributed by atoms with E-state index in [0.717, 1.165) is 37.7 Å². The van der Waals surface area contributed by atoms with E-state index < -0.39 is 5.97 Å². The molecule has 0 heterocycles. The maximum atomic E-state index is 12.7. The number of hydrogen-bond donors (Lipinski definition) is 0. The normalized spacial score (nSPS) is 15.0. The number of ether oxygens (including phenoxy) is 1. The lowest BCUT2D eigenvalue weighted by atomic mass is 9.90. The Labute approximate surface area is 163 Å². The zero-order valence-corrected chi connectivity index (χ0v) is 17.3. The summed E-state index contributed by atoms with van der Waals surface area (Å²) in [4.78, 5) is 36.8. The van der Waals surface area contributed by atoms with E-state index in [4.69, 9.17) is 4.74 Å². The quantitative estimate of drug-likeness (QED) is 0.218. The van der Waals surface area contributed by atoms with Gasteiger partial charge in [-0.2, -0.15) is 0 Å². The molecule has 0 amide bonds. The minimum absolute atomic E-state index is 0.0881. The van der Waals surface area contributed by atoms with Crippen LogP contribution in [0, 0.1) is 0 Å². The van der Waals surface area contributed by atoms with E-state index in [0.29, 0.717) is 18.4 Å². The summed E-state index contributed by atoms with van der Waals surface area (Å²) in [6, 6.07) is 0. The lowest BCUT2D eigenvalue weighted by molar-refractivity contribution is -0.140.